The Morgan fingerprint density at radius 3 is 2.68 bits per heavy atom. The molecule has 0 saturated heterocycles. The van der Waals surface area contributed by atoms with E-state index in [9.17, 15) is 4.79 Å². The smallest absolute Gasteiger partial charge is 0.244 e. The van der Waals surface area contributed by atoms with Crippen molar-refractivity contribution in [1.82, 2.24) is 9.88 Å². The lowest BCUT2D eigenvalue weighted by Gasteiger charge is -2.08. The van der Waals surface area contributed by atoms with Crippen LogP contribution in [0.2, 0.25) is 0 Å². The van der Waals surface area contributed by atoms with Gasteiger partial charge in [-0.1, -0.05) is 30.3 Å². The largest absolute Gasteiger partial charge is 0.497 e. The van der Waals surface area contributed by atoms with Gasteiger partial charge >= 0.3 is 0 Å². The molecule has 25 heavy (non-hydrogen) atoms. The van der Waals surface area contributed by atoms with Gasteiger partial charge in [0.2, 0.25) is 5.91 Å². The first-order valence-electron chi connectivity index (χ1n) is 8.32. The minimum Gasteiger partial charge on any atom is -0.497 e. The molecule has 0 spiro atoms. The van der Waals surface area contributed by atoms with E-state index in [-0.39, 0.29) is 5.91 Å². The number of methoxy groups -OCH3 is 1. The van der Waals surface area contributed by atoms with Gasteiger partial charge in [0.05, 0.1) is 7.11 Å². The molecule has 0 saturated carbocycles. The highest BCUT2D eigenvalue weighted by molar-refractivity contribution is 5.91. The normalized spacial score (nSPS) is 11.1. The van der Waals surface area contributed by atoms with Gasteiger partial charge < -0.3 is 14.6 Å². The van der Waals surface area contributed by atoms with Crippen LogP contribution in [-0.4, -0.2) is 24.1 Å². The molecular formula is C21H22N2O2. The zero-order chi connectivity index (χ0) is 17.6. The monoisotopic (exact) mass is 334 g/mol. The van der Waals surface area contributed by atoms with Crippen LogP contribution in [0.3, 0.4) is 0 Å². The van der Waals surface area contributed by atoms with E-state index < -0.39 is 0 Å². The number of carbonyl (C=O) groups is 1. The van der Waals surface area contributed by atoms with Gasteiger partial charge in [-0.3, -0.25) is 4.79 Å². The number of benzene rings is 2. The first-order valence-corrected chi connectivity index (χ1v) is 8.32. The minimum absolute atomic E-state index is 0.0927. The van der Waals surface area contributed by atoms with Crippen LogP contribution in [0.5, 0.6) is 5.75 Å². The third-order valence-electron chi connectivity index (χ3n) is 4.20. The van der Waals surface area contributed by atoms with Gasteiger partial charge in [-0.25, -0.2) is 0 Å². The van der Waals surface area contributed by atoms with Gasteiger partial charge in [0.15, 0.2) is 0 Å². The summed E-state index contributed by atoms with van der Waals surface area (Å²) in [7, 11) is 1.63. The highest BCUT2D eigenvalue weighted by Gasteiger charge is 2.04. The molecule has 4 heteroatoms. The topological polar surface area (TPSA) is 43.3 Å². The van der Waals surface area contributed by atoms with Crippen molar-refractivity contribution >= 4 is 22.9 Å². The van der Waals surface area contributed by atoms with Crippen molar-refractivity contribution in [1.29, 1.82) is 0 Å². The molecular weight excluding hydrogens is 312 g/mol. The molecule has 0 atom stereocenters. The van der Waals surface area contributed by atoms with Crippen LogP contribution >= 0.6 is 0 Å². The number of para-hydroxylation sites is 1. The molecule has 1 heterocycles. The van der Waals surface area contributed by atoms with Gasteiger partial charge in [0.25, 0.3) is 0 Å². The number of amides is 1. The van der Waals surface area contributed by atoms with Crippen molar-refractivity contribution < 1.29 is 9.53 Å². The van der Waals surface area contributed by atoms with Gasteiger partial charge in [0, 0.05) is 30.4 Å². The fourth-order valence-corrected chi connectivity index (χ4v) is 2.88. The predicted octanol–water partition coefficient (Wildman–Crippen LogP) is 3.79. The number of hydrogen-bond acceptors (Lipinski definition) is 2. The second-order valence-corrected chi connectivity index (χ2v) is 5.89. The third kappa shape index (κ3) is 4.10. The standard InChI is InChI=1S/C21H22N2O2/c1-16-15-18-5-3-4-6-20(18)23(16)14-13-22-21(24)12-9-17-7-10-19(25-2)11-8-17/h3-12,15H,13-14H2,1-2H3,(H,22,24)/b12-9+. The number of aromatic nitrogens is 1. The molecule has 128 valence electrons. The van der Waals surface area contributed by atoms with E-state index in [1.807, 2.05) is 36.4 Å². The molecule has 0 bridgehead atoms. The Labute approximate surface area is 147 Å². The maximum Gasteiger partial charge on any atom is 0.244 e. The zero-order valence-electron chi connectivity index (χ0n) is 14.5. The van der Waals surface area contributed by atoms with E-state index in [0.717, 1.165) is 17.9 Å². The lowest BCUT2D eigenvalue weighted by atomic mass is 10.2. The van der Waals surface area contributed by atoms with E-state index in [1.54, 1.807) is 19.3 Å². The Morgan fingerprint density at radius 2 is 1.92 bits per heavy atom. The maximum atomic E-state index is 12.0. The van der Waals surface area contributed by atoms with Gasteiger partial charge in [-0.15, -0.1) is 0 Å². The maximum absolute atomic E-state index is 12.0. The summed E-state index contributed by atoms with van der Waals surface area (Å²) in [4.78, 5) is 12.0. The van der Waals surface area contributed by atoms with Crippen LogP contribution in [0.4, 0.5) is 0 Å². The Balaban J connectivity index is 1.55. The lowest BCUT2D eigenvalue weighted by molar-refractivity contribution is -0.116. The third-order valence-corrected chi connectivity index (χ3v) is 4.20. The molecule has 1 N–H and O–H groups in total. The van der Waals surface area contributed by atoms with E-state index in [4.69, 9.17) is 4.74 Å². The Kier molecular flexibility index (Phi) is 5.19. The van der Waals surface area contributed by atoms with Crippen LogP contribution in [0.1, 0.15) is 11.3 Å². The van der Waals surface area contributed by atoms with Crippen molar-refractivity contribution in [2.45, 2.75) is 13.5 Å². The first-order chi connectivity index (χ1) is 12.2. The Hall–Kier alpha value is -3.01. The number of rotatable bonds is 6. The van der Waals surface area contributed by atoms with Crippen molar-refractivity contribution in [2.75, 3.05) is 13.7 Å². The molecule has 0 aliphatic rings. The molecule has 2 aromatic carbocycles. The van der Waals surface area contributed by atoms with Crippen LogP contribution < -0.4 is 10.1 Å². The number of carbonyl (C=O) groups excluding carboxylic acids is 1. The fraction of sp³-hybridized carbons (Fsp3) is 0.190. The van der Waals surface area contributed by atoms with Crippen molar-refractivity contribution in [3.8, 4) is 5.75 Å². The predicted molar refractivity (Wildman–Crippen MR) is 102 cm³/mol. The molecule has 0 radical (unpaired) electrons. The van der Waals surface area contributed by atoms with Crippen LogP contribution in [0.25, 0.3) is 17.0 Å². The summed E-state index contributed by atoms with van der Waals surface area (Å²) in [5.41, 5.74) is 3.36. The van der Waals surface area contributed by atoms with Gasteiger partial charge in [-0.2, -0.15) is 0 Å². The summed E-state index contributed by atoms with van der Waals surface area (Å²) >= 11 is 0. The summed E-state index contributed by atoms with van der Waals surface area (Å²) in [6.07, 6.45) is 3.35. The molecule has 1 aromatic heterocycles. The molecule has 1 amide bonds. The SMILES string of the molecule is COc1ccc(/C=C/C(=O)NCCn2c(C)cc3ccccc32)cc1. The van der Waals surface area contributed by atoms with Gasteiger partial charge in [-0.05, 0) is 48.2 Å². The van der Waals surface area contributed by atoms with Crippen molar-refractivity contribution in [3.63, 3.8) is 0 Å². The number of fused-ring (bicyclic) bond motifs is 1. The molecule has 3 rings (SSSR count). The molecule has 0 aliphatic carbocycles. The summed E-state index contributed by atoms with van der Waals surface area (Å²) in [5.74, 6) is 0.709. The van der Waals surface area contributed by atoms with E-state index in [1.165, 1.54) is 16.6 Å². The number of aryl methyl sites for hydroxylation is 1. The van der Waals surface area contributed by atoms with Crippen LogP contribution in [-0.2, 0) is 11.3 Å². The highest BCUT2D eigenvalue weighted by Crippen LogP contribution is 2.18. The number of ether oxygens (including phenoxy) is 1. The summed E-state index contributed by atoms with van der Waals surface area (Å²) in [5, 5.41) is 4.16. The summed E-state index contributed by atoms with van der Waals surface area (Å²) in [6, 6.07) is 18.0. The highest BCUT2D eigenvalue weighted by atomic mass is 16.5. The molecule has 0 aliphatic heterocycles. The molecule has 3 aromatic rings. The van der Waals surface area contributed by atoms with E-state index >= 15 is 0 Å². The van der Waals surface area contributed by atoms with Crippen molar-refractivity contribution in [2.24, 2.45) is 0 Å². The minimum atomic E-state index is -0.0927. The number of nitrogens with one attached hydrogen (secondary N) is 1. The summed E-state index contributed by atoms with van der Waals surface area (Å²) in [6.45, 7) is 3.43. The van der Waals surface area contributed by atoms with E-state index in [0.29, 0.717) is 6.54 Å². The van der Waals surface area contributed by atoms with Crippen LogP contribution in [0, 0.1) is 6.92 Å². The average molecular weight is 334 g/mol. The average Bonchev–Trinajstić information content (AvgIpc) is 2.96. The van der Waals surface area contributed by atoms with E-state index in [2.05, 4.69) is 35.0 Å². The fourth-order valence-electron chi connectivity index (χ4n) is 2.88. The number of hydrogen-bond donors (Lipinski definition) is 1. The summed E-state index contributed by atoms with van der Waals surface area (Å²) < 4.78 is 7.34. The second kappa shape index (κ2) is 7.71. The Bertz CT molecular complexity index is 892. The van der Waals surface area contributed by atoms with Gasteiger partial charge in [0.1, 0.15) is 5.75 Å². The van der Waals surface area contributed by atoms with Crippen LogP contribution in [0.15, 0.2) is 60.7 Å². The zero-order valence-corrected chi connectivity index (χ0v) is 14.5. The molecule has 0 fully saturated rings. The quantitative estimate of drug-likeness (QED) is 0.697. The molecule has 4 nitrogen and oxygen atoms in total. The first kappa shape index (κ1) is 16.8. The molecule has 0 unspecified atom stereocenters. The second-order valence-electron chi connectivity index (χ2n) is 5.89. The number of nitrogens with zero attached hydrogens (tertiary/aromatic N) is 1. The lowest BCUT2D eigenvalue weighted by Crippen LogP contribution is -2.25. The Morgan fingerprint density at radius 1 is 1.16 bits per heavy atom. The van der Waals surface area contributed by atoms with Crippen molar-refractivity contribution in [3.05, 3.63) is 71.9 Å².